The summed E-state index contributed by atoms with van der Waals surface area (Å²) in [6, 6.07) is 9.90. The molecule has 1 aliphatic rings. The van der Waals surface area contributed by atoms with Gasteiger partial charge in [-0.1, -0.05) is 35.3 Å². The van der Waals surface area contributed by atoms with Crippen molar-refractivity contribution in [2.24, 2.45) is 0 Å². The Morgan fingerprint density at radius 3 is 2.41 bits per heavy atom. The standard InChI is InChI=1S/C19H18Cl2N2O4/c20-14-5-2-1-4-13(14)19(25)23-7-6-22-18(24)12-10-15(21)17-16(11-12)26-8-3-9-27-17/h1-2,4-5,10-11H,3,6-9H2,(H,22,24)(H,23,25). The minimum Gasteiger partial charge on any atom is -0.489 e. The predicted molar refractivity (Wildman–Crippen MR) is 103 cm³/mol. The Balaban J connectivity index is 1.54. The van der Waals surface area contributed by atoms with Gasteiger partial charge in [0.05, 0.1) is 28.8 Å². The van der Waals surface area contributed by atoms with E-state index in [9.17, 15) is 9.59 Å². The van der Waals surface area contributed by atoms with E-state index < -0.39 is 0 Å². The number of ether oxygens (including phenoxy) is 2. The third-order valence-electron chi connectivity index (χ3n) is 3.88. The summed E-state index contributed by atoms with van der Waals surface area (Å²) in [6.45, 7) is 1.53. The van der Waals surface area contributed by atoms with Gasteiger partial charge in [-0.15, -0.1) is 0 Å². The largest absolute Gasteiger partial charge is 0.489 e. The smallest absolute Gasteiger partial charge is 0.252 e. The molecule has 0 saturated heterocycles. The first-order chi connectivity index (χ1) is 13.1. The van der Waals surface area contributed by atoms with Crippen molar-refractivity contribution in [1.82, 2.24) is 10.6 Å². The number of hydrogen-bond acceptors (Lipinski definition) is 4. The summed E-state index contributed by atoms with van der Waals surface area (Å²) < 4.78 is 11.1. The zero-order valence-corrected chi connectivity index (χ0v) is 15.9. The number of halogens is 2. The molecule has 2 amide bonds. The summed E-state index contributed by atoms with van der Waals surface area (Å²) in [4.78, 5) is 24.4. The quantitative estimate of drug-likeness (QED) is 0.743. The van der Waals surface area contributed by atoms with Crippen LogP contribution in [0.15, 0.2) is 36.4 Å². The second-order valence-electron chi connectivity index (χ2n) is 5.83. The number of benzene rings is 2. The summed E-state index contributed by atoms with van der Waals surface area (Å²) in [5.74, 6) is 0.294. The van der Waals surface area contributed by atoms with E-state index in [1.807, 2.05) is 0 Å². The molecular formula is C19H18Cl2N2O4. The molecule has 2 aromatic carbocycles. The highest BCUT2D eigenvalue weighted by atomic mass is 35.5. The fourth-order valence-electron chi connectivity index (χ4n) is 2.56. The van der Waals surface area contributed by atoms with Gasteiger partial charge in [0.2, 0.25) is 0 Å². The average Bonchev–Trinajstić information content (AvgIpc) is 2.91. The van der Waals surface area contributed by atoms with Crippen LogP contribution in [0.2, 0.25) is 10.0 Å². The topological polar surface area (TPSA) is 76.7 Å². The molecule has 27 heavy (non-hydrogen) atoms. The van der Waals surface area contributed by atoms with Crippen molar-refractivity contribution in [3.05, 3.63) is 57.6 Å². The Labute approximate surface area is 166 Å². The Morgan fingerprint density at radius 2 is 1.63 bits per heavy atom. The van der Waals surface area contributed by atoms with Gasteiger partial charge in [0.1, 0.15) is 0 Å². The summed E-state index contributed by atoms with van der Waals surface area (Å²) in [6.07, 6.45) is 0.748. The number of hydrogen-bond donors (Lipinski definition) is 2. The van der Waals surface area contributed by atoms with Gasteiger partial charge < -0.3 is 20.1 Å². The zero-order chi connectivity index (χ0) is 19.2. The van der Waals surface area contributed by atoms with Crippen molar-refractivity contribution < 1.29 is 19.1 Å². The van der Waals surface area contributed by atoms with Crippen LogP contribution in [0.5, 0.6) is 11.5 Å². The number of fused-ring (bicyclic) bond motifs is 1. The first kappa shape index (κ1) is 19.3. The summed E-state index contributed by atoms with van der Waals surface area (Å²) in [5, 5.41) is 6.14. The molecule has 0 aliphatic carbocycles. The molecule has 142 valence electrons. The molecule has 0 fully saturated rings. The SMILES string of the molecule is O=C(NCCNC(=O)c1ccccc1Cl)c1cc(Cl)c2c(c1)OCCCO2. The van der Waals surface area contributed by atoms with E-state index in [1.165, 1.54) is 6.07 Å². The first-order valence-corrected chi connectivity index (χ1v) is 9.22. The molecule has 8 heteroatoms. The maximum Gasteiger partial charge on any atom is 0.252 e. The van der Waals surface area contributed by atoms with Crippen molar-refractivity contribution in [3.8, 4) is 11.5 Å². The maximum absolute atomic E-state index is 12.3. The number of carbonyl (C=O) groups is 2. The van der Waals surface area contributed by atoms with Gasteiger partial charge >= 0.3 is 0 Å². The van der Waals surface area contributed by atoms with E-state index in [4.69, 9.17) is 32.7 Å². The van der Waals surface area contributed by atoms with E-state index in [2.05, 4.69) is 10.6 Å². The molecule has 0 unspecified atom stereocenters. The molecular weight excluding hydrogens is 391 g/mol. The number of nitrogens with one attached hydrogen (secondary N) is 2. The van der Waals surface area contributed by atoms with Gasteiger partial charge in [-0.3, -0.25) is 9.59 Å². The maximum atomic E-state index is 12.3. The predicted octanol–water partition coefficient (Wildman–Crippen LogP) is 3.31. The monoisotopic (exact) mass is 408 g/mol. The molecule has 1 heterocycles. The highest BCUT2D eigenvalue weighted by molar-refractivity contribution is 6.34. The van der Waals surface area contributed by atoms with Crippen LogP contribution in [0.1, 0.15) is 27.1 Å². The second-order valence-corrected chi connectivity index (χ2v) is 6.64. The van der Waals surface area contributed by atoms with Crippen molar-refractivity contribution in [2.45, 2.75) is 6.42 Å². The Bertz CT molecular complexity index is 858. The van der Waals surface area contributed by atoms with E-state index in [0.717, 1.165) is 6.42 Å². The highest BCUT2D eigenvalue weighted by Crippen LogP contribution is 2.37. The third kappa shape index (κ3) is 4.84. The van der Waals surface area contributed by atoms with Crippen molar-refractivity contribution in [1.29, 1.82) is 0 Å². The second kappa shape index (κ2) is 8.97. The lowest BCUT2D eigenvalue weighted by Gasteiger charge is -2.12. The van der Waals surface area contributed by atoms with Gasteiger partial charge in [-0.25, -0.2) is 0 Å². The van der Waals surface area contributed by atoms with Crippen LogP contribution in [0.3, 0.4) is 0 Å². The van der Waals surface area contributed by atoms with E-state index in [1.54, 1.807) is 30.3 Å². The van der Waals surface area contributed by atoms with Gasteiger partial charge in [-0.05, 0) is 24.3 Å². The van der Waals surface area contributed by atoms with E-state index in [0.29, 0.717) is 45.9 Å². The van der Waals surface area contributed by atoms with E-state index >= 15 is 0 Å². The van der Waals surface area contributed by atoms with Crippen LogP contribution < -0.4 is 20.1 Å². The summed E-state index contributed by atoms with van der Waals surface area (Å²) >= 11 is 12.2. The fourth-order valence-corrected chi connectivity index (χ4v) is 3.04. The summed E-state index contributed by atoms with van der Waals surface area (Å²) in [5.41, 5.74) is 0.752. The lowest BCUT2D eigenvalue weighted by molar-refractivity contribution is 0.0927. The number of carbonyl (C=O) groups excluding carboxylic acids is 2. The van der Waals surface area contributed by atoms with Crippen molar-refractivity contribution in [2.75, 3.05) is 26.3 Å². The Kier molecular flexibility index (Phi) is 6.42. The molecule has 0 spiro atoms. The molecule has 6 nitrogen and oxygen atoms in total. The minimum absolute atomic E-state index is 0.251. The van der Waals surface area contributed by atoms with Crippen LogP contribution >= 0.6 is 23.2 Å². The molecule has 0 saturated carbocycles. The van der Waals surface area contributed by atoms with Crippen LogP contribution in [0.25, 0.3) is 0 Å². The van der Waals surface area contributed by atoms with Crippen LogP contribution in [0, 0.1) is 0 Å². The molecule has 2 N–H and O–H groups in total. The Hall–Kier alpha value is -2.44. The average molecular weight is 409 g/mol. The summed E-state index contributed by atoms with van der Waals surface area (Å²) in [7, 11) is 0. The molecule has 2 aromatic rings. The van der Waals surface area contributed by atoms with Gasteiger partial charge in [0.15, 0.2) is 11.5 Å². The number of amides is 2. The van der Waals surface area contributed by atoms with Crippen LogP contribution in [-0.2, 0) is 0 Å². The molecule has 0 aromatic heterocycles. The molecule has 3 rings (SSSR count). The van der Waals surface area contributed by atoms with Gasteiger partial charge in [0, 0.05) is 25.1 Å². The van der Waals surface area contributed by atoms with Crippen LogP contribution in [0.4, 0.5) is 0 Å². The first-order valence-electron chi connectivity index (χ1n) is 8.46. The Morgan fingerprint density at radius 1 is 0.926 bits per heavy atom. The molecule has 1 aliphatic heterocycles. The molecule has 0 bridgehead atoms. The fraction of sp³-hybridized carbons (Fsp3) is 0.263. The lowest BCUT2D eigenvalue weighted by Crippen LogP contribution is -2.34. The normalized spacial score (nSPS) is 12.8. The minimum atomic E-state index is -0.320. The highest BCUT2D eigenvalue weighted by Gasteiger charge is 2.18. The van der Waals surface area contributed by atoms with Crippen molar-refractivity contribution in [3.63, 3.8) is 0 Å². The van der Waals surface area contributed by atoms with Crippen LogP contribution in [-0.4, -0.2) is 38.1 Å². The van der Waals surface area contributed by atoms with Crippen molar-refractivity contribution >= 4 is 35.0 Å². The lowest BCUT2D eigenvalue weighted by atomic mass is 10.2. The van der Waals surface area contributed by atoms with Gasteiger partial charge in [-0.2, -0.15) is 0 Å². The third-order valence-corrected chi connectivity index (χ3v) is 4.49. The molecule has 0 atom stereocenters. The zero-order valence-electron chi connectivity index (χ0n) is 14.4. The number of rotatable bonds is 5. The molecule has 0 radical (unpaired) electrons. The van der Waals surface area contributed by atoms with Gasteiger partial charge in [0.25, 0.3) is 11.8 Å². The van der Waals surface area contributed by atoms with E-state index in [-0.39, 0.29) is 24.9 Å².